The topological polar surface area (TPSA) is 77.4 Å². The van der Waals surface area contributed by atoms with Gasteiger partial charge in [-0.1, -0.05) is 6.07 Å². The van der Waals surface area contributed by atoms with Crippen LogP contribution in [-0.2, 0) is 0 Å². The minimum Gasteiger partial charge on any atom is -0.504 e. The molecule has 0 spiro atoms. The molecule has 0 amide bonds. The average Bonchev–Trinajstić information content (AvgIpc) is 2.48. The summed E-state index contributed by atoms with van der Waals surface area (Å²) in [5.74, 6) is 1.33. The van der Waals surface area contributed by atoms with Gasteiger partial charge in [-0.25, -0.2) is 0 Å². The molecule has 0 fully saturated rings. The molecule has 0 aliphatic heterocycles. The van der Waals surface area contributed by atoms with Crippen LogP contribution >= 0.6 is 0 Å². The lowest BCUT2D eigenvalue weighted by atomic mass is 10.3. The third-order valence-electron chi connectivity index (χ3n) is 2.75. The molecule has 6 heteroatoms. The summed E-state index contributed by atoms with van der Waals surface area (Å²) in [6.07, 6.45) is 0. The van der Waals surface area contributed by atoms with E-state index in [-0.39, 0.29) is 24.0 Å². The Bertz CT molecular complexity index is 611. The maximum Gasteiger partial charge on any atom is 0.231 e. The van der Waals surface area contributed by atoms with Crippen LogP contribution in [0.15, 0.2) is 36.4 Å². The first kappa shape index (κ1) is 14.6. The van der Waals surface area contributed by atoms with Crippen molar-refractivity contribution in [1.82, 2.24) is 0 Å². The Morgan fingerprint density at radius 1 is 0.857 bits per heavy atom. The molecule has 6 nitrogen and oxygen atoms in total. The van der Waals surface area contributed by atoms with Crippen molar-refractivity contribution in [3.63, 3.8) is 0 Å². The number of aromatic hydroxyl groups is 2. The molecule has 0 aliphatic rings. The molecular weight excluding hydrogens is 276 g/mol. The second-order valence-corrected chi connectivity index (χ2v) is 4.05. The van der Waals surface area contributed by atoms with Crippen LogP contribution in [0.5, 0.6) is 34.5 Å². The van der Waals surface area contributed by atoms with Crippen LogP contribution in [0.2, 0.25) is 0 Å². The van der Waals surface area contributed by atoms with Gasteiger partial charge in [0, 0.05) is 6.07 Å². The van der Waals surface area contributed by atoms with Crippen LogP contribution in [0.25, 0.3) is 0 Å². The summed E-state index contributed by atoms with van der Waals surface area (Å²) >= 11 is 0. The quantitative estimate of drug-likeness (QED) is 0.797. The molecule has 0 atom stereocenters. The van der Waals surface area contributed by atoms with Gasteiger partial charge < -0.3 is 29.2 Å². The van der Waals surface area contributed by atoms with Gasteiger partial charge in [0.25, 0.3) is 0 Å². The van der Waals surface area contributed by atoms with Gasteiger partial charge in [-0.05, 0) is 24.3 Å². The Morgan fingerprint density at radius 3 is 2.33 bits per heavy atom. The summed E-state index contributed by atoms with van der Waals surface area (Å²) < 4.78 is 20.7. The monoisotopic (exact) mass is 292 g/mol. The highest BCUT2D eigenvalue weighted by Crippen LogP contribution is 2.36. The molecule has 21 heavy (non-hydrogen) atoms. The van der Waals surface area contributed by atoms with E-state index in [0.29, 0.717) is 17.2 Å². The molecule has 0 saturated heterocycles. The van der Waals surface area contributed by atoms with E-state index in [9.17, 15) is 10.2 Å². The molecule has 0 saturated carbocycles. The minimum absolute atomic E-state index is 0.0166. The molecule has 0 aliphatic carbocycles. The summed E-state index contributed by atoms with van der Waals surface area (Å²) in [6, 6.07) is 9.41. The molecule has 0 bridgehead atoms. The first-order valence-electron chi connectivity index (χ1n) is 6.14. The predicted octanol–water partition coefficient (Wildman–Crippen LogP) is 2.53. The van der Waals surface area contributed by atoms with Crippen LogP contribution < -0.4 is 18.9 Å². The Labute approximate surface area is 122 Å². The lowest BCUT2D eigenvalue weighted by molar-refractivity contribution is 0.115. The maximum absolute atomic E-state index is 9.63. The van der Waals surface area contributed by atoms with Gasteiger partial charge in [-0.3, -0.25) is 0 Å². The SMILES string of the molecule is COc1ccc(OCOc2cccc(O)c2OC)cc1O. The van der Waals surface area contributed by atoms with Crippen molar-refractivity contribution in [2.24, 2.45) is 0 Å². The molecule has 112 valence electrons. The summed E-state index contributed by atoms with van der Waals surface area (Å²) in [5, 5.41) is 19.2. The van der Waals surface area contributed by atoms with E-state index in [1.165, 1.54) is 26.4 Å². The van der Waals surface area contributed by atoms with Crippen molar-refractivity contribution in [2.45, 2.75) is 0 Å². The van der Waals surface area contributed by atoms with Crippen molar-refractivity contribution in [2.75, 3.05) is 21.0 Å². The number of phenolic OH excluding ortho intramolecular Hbond substituents is 2. The van der Waals surface area contributed by atoms with E-state index in [0.717, 1.165) is 0 Å². The summed E-state index contributed by atoms with van der Waals surface area (Å²) in [6.45, 7) is -0.106. The van der Waals surface area contributed by atoms with Gasteiger partial charge in [0.15, 0.2) is 23.0 Å². The number of hydrogen-bond donors (Lipinski definition) is 2. The van der Waals surface area contributed by atoms with Crippen molar-refractivity contribution in [3.8, 4) is 34.5 Å². The fraction of sp³-hybridized carbons (Fsp3) is 0.200. The molecule has 0 heterocycles. The standard InChI is InChI=1S/C15H16O6/c1-18-13-7-6-10(8-12(13)17)20-9-21-14-5-3-4-11(16)15(14)19-2/h3-8,16-17H,9H2,1-2H3. The van der Waals surface area contributed by atoms with E-state index >= 15 is 0 Å². The fourth-order valence-corrected chi connectivity index (χ4v) is 1.74. The van der Waals surface area contributed by atoms with E-state index < -0.39 is 0 Å². The molecule has 0 aromatic heterocycles. The van der Waals surface area contributed by atoms with Gasteiger partial charge in [0.2, 0.25) is 12.5 Å². The Kier molecular flexibility index (Phi) is 4.61. The zero-order chi connectivity index (χ0) is 15.2. The predicted molar refractivity (Wildman–Crippen MR) is 75.4 cm³/mol. The molecular formula is C15H16O6. The summed E-state index contributed by atoms with van der Waals surface area (Å²) in [5.41, 5.74) is 0. The number of para-hydroxylation sites is 1. The Hall–Kier alpha value is -2.76. The second kappa shape index (κ2) is 6.60. The first-order valence-corrected chi connectivity index (χ1v) is 6.14. The summed E-state index contributed by atoms with van der Waals surface area (Å²) in [7, 11) is 2.90. The normalized spacial score (nSPS) is 10.0. The fourth-order valence-electron chi connectivity index (χ4n) is 1.74. The molecule has 2 aromatic rings. The molecule has 2 aromatic carbocycles. The third-order valence-corrected chi connectivity index (χ3v) is 2.75. The number of ether oxygens (including phenoxy) is 4. The van der Waals surface area contributed by atoms with Crippen LogP contribution in [0.4, 0.5) is 0 Å². The number of phenols is 2. The second-order valence-electron chi connectivity index (χ2n) is 4.05. The largest absolute Gasteiger partial charge is 0.504 e. The van der Waals surface area contributed by atoms with Gasteiger partial charge in [-0.2, -0.15) is 0 Å². The maximum atomic E-state index is 9.63. The lowest BCUT2D eigenvalue weighted by Gasteiger charge is -2.13. The van der Waals surface area contributed by atoms with Gasteiger partial charge in [0.1, 0.15) is 5.75 Å². The highest BCUT2D eigenvalue weighted by molar-refractivity contribution is 5.50. The molecule has 2 N–H and O–H groups in total. The third kappa shape index (κ3) is 3.42. The highest BCUT2D eigenvalue weighted by atomic mass is 16.7. The Morgan fingerprint density at radius 2 is 1.67 bits per heavy atom. The smallest absolute Gasteiger partial charge is 0.231 e. The number of hydrogen-bond acceptors (Lipinski definition) is 6. The highest BCUT2D eigenvalue weighted by Gasteiger charge is 2.09. The van der Waals surface area contributed by atoms with E-state index in [4.69, 9.17) is 18.9 Å². The lowest BCUT2D eigenvalue weighted by Crippen LogP contribution is -2.06. The van der Waals surface area contributed by atoms with Crippen molar-refractivity contribution in [1.29, 1.82) is 0 Å². The van der Waals surface area contributed by atoms with E-state index in [2.05, 4.69) is 0 Å². The Balaban J connectivity index is 1.99. The van der Waals surface area contributed by atoms with E-state index in [1.807, 2.05) is 0 Å². The van der Waals surface area contributed by atoms with Crippen LogP contribution in [0, 0.1) is 0 Å². The van der Waals surface area contributed by atoms with E-state index in [1.54, 1.807) is 24.3 Å². The van der Waals surface area contributed by atoms with Crippen LogP contribution in [0.3, 0.4) is 0 Å². The molecule has 0 unspecified atom stereocenters. The molecule has 0 radical (unpaired) electrons. The van der Waals surface area contributed by atoms with Crippen LogP contribution in [0.1, 0.15) is 0 Å². The van der Waals surface area contributed by atoms with Crippen molar-refractivity contribution >= 4 is 0 Å². The number of rotatable bonds is 6. The zero-order valence-corrected chi connectivity index (χ0v) is 11.7. The number of methoxy groups -OCH3 is 2. The van der Waals surface area contributed by atoms with Gasteiger partial charge >= 0.3 is 0 Å². The summed E-state index contributed by atoms with van der Waals surface area (Å²) in [4.78, 5) is 0. The number of benzene rings is 2. The van der Waals surface area contributed by atoms with Crippen molar-refractivity contribution < 1.29 is 29.2 Å². The molecule has 2 rings (SSSR count). The minimum atomic E-state index is -0.106. The average molecular weight is 292 g/mol. The van der Waals surface area contributed by atoms with Gasteiger partial charge in [-0.15, -0.1) is 0 Å². The first-order chi connectivity index (χ1) is 10.2. The van der Waals surface area contributed by atoms with Gasteiger partial charge in [0.05, 0.1) is 14.2 Å². The van der Waals surface area contributed by atoms with Crippen molar-refractivity contribution in [3.05, 3.63) is 36.4 Å². The zero-order valence-electron chi connectivity index (χ0n) is 11.7. The van der Waals surface area contributed by atoms with Crippen LogP contribution in [-0.4, -0.2) is 31.2 Å².